The minimum absolute atomic E-state index is 0.210. The van der Waals surface area contributed by atoms with E-state index < -0.39 is 0 Å². The van der Waals surface area contributed by atoms with Crippen LogP contribution in [0.1, 0.15) is 36.4 Å². The number of likely N-dealkylation sites (N-methyl/N-ethyl adjacent to an activating group) is 1. The van der Waals surface area contributed by atoms with Gasteiger partial charge in [-0.3, -0.25) is 9.59 Å². The highest BCUT2D eigenvalue weighted by Crippen LogP contribution is 2.25. The van der Waals surface area contributed by atoms with Crippen molar-refractivity contribution in [1.82, 2.24) is 25.5 Å². The highest BCUT2D eigenvalue weighted by molar-refractivity contribution is 7.13. The summed E-state index contributed by atoms with van der Waals surface area (Å²) in [5.74, 6) is -0.422. The molecule has 2 aromatic heterocycles. The largest absolute Gasteiger partial charge is 0.377 e. The van der Waals surface area contributed by atoms with Gasteiger partial charge in [-0.05, 0) is 32.2 Å². The molecule has 3 aromatic rings. The molecule has 4 heterocycles. The van der Waals surface area contributed by atoms with Gasteiger partial charge in [0.2, 0.25) is 0 Å². The van der Waals surface area contributed by atoms with Crippen molar-refractivity contribution >= 4 is 34.1 Å². The molecule has 8 nitrogen and oxygen atoms in total. The standard InChI is InChI=1S/C22H25N5O3S/c1-12-3-4-14-13(7-12)8-16(23-14)20(28)24-17-10-30-11-18(17)25-21(29)22-26-15-5-6-27(2)9-19(15)31-22/h3-4,7-8,17-18,23H,5-6,9-11H2,1-2H3,(H,24,28)(H,25,29)/t17-,18+/m0/s1. The van der Waals surface area contributed by atoms with Crippen LogP contribution < -0.4 is 10.6 Å². The van der Waals surface area contributed by atoms with Gasteiger partial charge in [-0.1, -0.05) is 11.6 Å². The maximum Gasteiger partial charge on any atom is 0.280 e. The Morgan fingerprint density at radius 2 is 1.97 bits per heavy atom. The molecule has 0 radical (unpaired) electrons. The van der Waals surface area contributed by atoms with Crippen molar-refractivity contribution in [3.05, 3.63) is 51.1 Å². The summed E-state index contributed by atoms with van der Waals surface area (Å²) in [6, 6.07) is 7.25. The molecule has 1 fully saturated rings. The Labute approximate surface area is 184 Å². The average molecular weight is 440 g/mol. The summed E-state index contributed by atoms with van der Waals surface area (Å²) in [7, 11) is 2.07. The monoisotopic (exact) mass is 439 g/mol. The molecule has 2 aliphatic heterocycles. The molecule has 162 valence electrons. The number of benzene rings is 1. The molecule has 2 atom stereocenters. The zero-order chi connectivity index (χ0) is 21.5. The van der Waals surface area contributed by atoms with Crippen molar-refractivity contribution in [3.63, 3.8) is 0 Å². The van der Waals surface area contributed by atoms with Crippen LogP contribution in [0.2, 0.25) is 0 Å². The van der Waals surface area contributed by atoms with Crippen LogP contribution in [0.25, 0.3) is 10.9 Å². The third kappa shape index (κ3) is 4.08. The van der Waals surface area contributed by atoms with Crippen LogP contribution in [-0.4, -0.2) is 65.6 Å². The Bertz CT molecular complexity index is 1150. The Morgan fingerprint density at radius 1 is 1.19 bits per heavy atom. The van der Waals surface area contributed by atoms with Crippen molar-refractivity contribution < 1.29 is 14.3 Å². The number of rotatable bonds is 4. The third-order valence-corrected chi connectivity index (χ3v) is 6.93. The number of thiazole rings is 1. The number of ether oxygens (including phenoxy) is 1. The number of aromatic amines is 1. The summed E-state index contributed by atoms with van der Waals surface area (Å²) in [6.45, 7) is 4.52. The van der Waals surface area contributed by atoms with Crippen molar-refractivity contribution in [2.24, 2.45) is 0 Å². The van der Waals surface area contributed by atoms with E-state index in [0.717, 1.165) is 46.5 Å². The smallest absolute Gasteiger partial charge is 0.280 e. The van der Waals surface area contributed by atoms with Crippen LogP contribution >= 0.6 is 11.3 Å². The van der Waals surface area contributed by atoms with Crippen LogP contribution in [0.4, 0.5) is 0 Å². The van der Waals surface area contributed by atoms with Crippen molar-refractivity contribution in [2.75, 3.05) is 26.8 Å². The fraction of sp³-hybridized carbons (Fsp3) is 0.409. The van der Waals surface area contributed by atoms with Gasteiger partial charge in [0.1, 0.15) is 5.69 Å². The van der Waals surface area contributed by atoms with Gasteiger partial charge < -0.3 is 25.3 Å². The number of carbonyl (C=O) groups is 2. The molecule has 31 heavy (non-hydrogen) atoms. The van der Waals surface area contributed by atoms with Gasteiger partial charge in [-0.15, -0.1) is 11.3 Å². The van der Waals surface area contributed by atoms with Crippen LogP contribution in [0.15, 0.2) is 24.3 Å². The minimum Gasteiger partial charge on any atom is -0.377 e. The van der Waals surface area contributed by atoms with Crippen LogP contribution in [0.3, 0.4) is 0 Å². The number of hydrogen-bond donors (Lipinski definition) is 3. The second-order valence-electron chi connectivity index (χ2n) is 8.35. The predicted molar refractivity (Wildman–Crippen MR) is 119 cm³/mol. The first-order valence-corrected chi connectivity index (χ1v) is 11.2. The Balaban J connectivity index is 1.25. The predicted octanol–water partition coefficient (Wildman–Crippen LogP) is 1.85. The first-order valence-electron chi connectivity index (χ1n) is 10.4. The summed E-state index contributed by atoms with van der Waals surface area (Å²) >= 11 is 1.45. The summed E-state index contributed by atoms with van der Waals surface area (Å²) in [5.41, 5.74) is 3.58. The molecule has 2 aliphatic rings. The van der Waals surface area contributed by atoms with Gasteiger partial charge in [-0.25, -0.2) is 4.98 Å². The van der Waals surface area contributed by atoms with Gasteiger partial charge in [0.15, 0.2) is 5.01 Å². The quantitative estimate of drug-likeness (QED) is 0.576. The molecule has 0 spiro atoms. The zero-order valence-electron chi connectivity index (χ0n) is 17.5. The first kappa shape index (κ1) is 20.2. The molecule has 0 aliphatic carbocycles. The number of nitrogens with zero attached hydrogens (tertiary/aromatic N) is 2. The molecule has 0 bridgehead atoms. The number of H-pyrrole nitrogens is 1. The Kier molecular flexibility index (Phi) is 5.25. The average Bonchev–Trinajstić information content (AvgIpc) is 3.45. The van der Waals surface area contributed by atoms with E-state index in [-0.39, 0.29) is 23.9 Å². The van der Waals surface area contributed by atoms with E-state index in [9.17, 15) is 9.59 Å². The number of hydrogen-bond acceptors (Lipinski definition) is 6. The normalized spacial score (nSPS) is 21.2. The van der Waals surface area contributed by atoms with E-state index in [0.29, 0.717) is 23.9 Å². The summed E-state index contributed by atoms with van der Waals surface area (Å²) in [4.78, 5) is 36.7. The number of fused-ring (bicyclic) bond motifs is 2. The first-order chi connectivity index (χ1) is 15.0. The zero-order valence-corrected chi connectivity index (χ0v) is 18.3. The van der Waals surface area contributed by atoms with E-state index in [4.69, 9.17) is 4.74 Å². The lowest BCUT2D eigenvalue weighted by Crippen LogP contribution is -2.51. The van der Waals surface area contributed by atoms with Crippen molar-refractivity contribution in [3.8, 4) is 0 Å². The summed E-state index contributed by atoms with van der Waals surface area (Å²) in [6.07, 6.45) is 0.866. The van der Waals surface area contributed by atoms with Gasteiger partial charge >= 0.3 is 0 Å². The molecule has 1 saturated heterocycles. The van der Waals surface area contributed by atoms with Crippen LogP contribution in [-0.2, 0) is 17.7 Å². The van der Waals surface area contributed by atoms with Crippen molar-refractivity contribution in [1.29, 1.82) is 0 Å². The molecule has 5 rings (SSSR count). The van der Waals surface area contributed by atoms with E-state index in [2.05, 4.69) is 32.5 Å². The number of amides is 2. The molecule has 1 aromatic carbocycles. The minimum atomic E-state index is -0.301. The van der Waals surface area contributed by atoms with E-state index in [1.165, 1.54) is 11.3 Å². The van der Waals surface area contributed by atoms with E-state index in [1.54, 1.807) is 0 Å². The van der Waals surface area contributed by atoms with Crippen LogP contribution in [0.5, 0.6) is 0 Å². The molecule has 9 heteroatoms. The van der Waals surface area contributed by atoms with E-state index in [1.807, 2.05) is 31.2 Å². The summed E-state index contributed by atoms with van der Waals surface area (Å²) in [5, 5.41) is 7.47. The van der Waals surface area contributed by atoms with Gasteiger partial charge in [0.05, 0.1) is 31.0 Å². The summed E-state index contributed by atoms with van der Waals surface area (Å²) < 4.78 is 5.55. The lowest BCUT2D eigenvalue weighted by molar-refractivity contribution is 0.0894. The van der Waals surface area contributed by atoms with E-state index >= 15 is 0 Å². The highest BCUT2D eigenvalue weighted by Gasteiger charge is 2.32. The molecule has 0 unspecified atom stereocenters. The fourth-order valence-electron chi connectivity index (χ4n) is 4.11. The number of aromatic nitrogens is 2. The second kappa shape index (κ2) is 8.07. The highest BCUT2D eigenvalue weighted by atomic mass is 32.1. The second-order valence-corrected chi connectivity index (χ2v) is 9.43. The van der Waals surface area contributed by atoms with Crippen LogP contribution in [0, 0.1) is 6.92 Å². The van der Waals surface area contributed by atoms with Crippen molar-refractivity contribution in [2.45, 2.75) is 32.0 Å². The van der Waals surface area contributed by atoms with Gasteiger partial charge in [0, 0.05) is 35.3 Å². The number of nitrogens with one attached hydrogen (secondary N) is 3. The molecular weight excluding hydrogens is 414 g/mol. The number of carbonyl (C=O) groups excluding carboxylic acids is 2. The number of aryl methyl sites for hydroxylation is 1. The maximum absolute atomic E-state index is 12.8. The Morgan fingerprint density at radius 3 is 2.77 bits per heavy atom. The van der Waals surface area contributed by atoms with Gasteiger partial charge in [0.25, 0.3) is 11.8 Å². The topological polar surface area (TPSA) is 99.3 Å². The lowest BCUT2D eigenvalue weighted by atomic mass is 10.1. The SMILES string of the molecule is Cc1ccc2[nH]c(C(=O)N[C@H]3COC[C@H]3NC(=O)c3nc4c(s3)CN(C)CC4)cc2c1. The molecule has 3 N–H and O–H groups in total. The maximum atomic E-state index is 12.8. The molecular formula is C22H25N5O3S. The molecule has 0 saturated carbocycles. The Hall–Kier alpha value is -2.75. The molecule has 2 amide bonds. The lowest BCUT2D eigenvalue weighted by Gasteiger charge is -2.20. The van der Waals surface area contributed by atoms with Gasteiger partial charge in [-0.2, -0.15) is 0 Å². The third-order valence-electron chi connectivity index (χ3n) is 5.85. The fourth-order valence-corrected chi connectivity index (χ4v) is 5.20.